The number of likely N-dealkylation sites (tertiary alicyclic amines) is 1. The number of nitrogens with zero attached hydrogens (tertiary/aromatic N) is 3. The van der Waals surface area contributed by atoms with Crippen molar-refractivity contribution in [1.29, 1.82) is 0 Å². The first-order chi connectivity index (χ1) is 13.2. The number of benzene rings is 1. The first-order valence-corrected chi connectivity index (χ1v) is 11.3. The summed E-state index contributed by atoms with van der Waals surface area (Å²) < 4.78 is 27.5. The molecule has 2 aliphatic heterocycles. The van der Waals surface area contributed by atoms with E-state index in [1.54, 1.807) is 22.8 Å². The number of piperazine rings is 1. The minimum absolute atomic E-state index is 0.00179. The zero-order chi connectivity index (χ0) is 20.5. The largest absolute Gasteiger partial charge is 0.342 e. The third kappa shape index (κ3) is 4.22. The Hall–Kier alpha value is -1.93. The standard InChI is InChI=1S/C20H29N3O4S/c1-15-6-7-16(2)19(13-15)28(26,27)23-11-9-21(10-12-23)20(25)18-5-4-8-22(14-18)17(3)24/h6-7,13,18H,4-5,8-12,14H2,1-3H3/t18-/m1/s1. The van der Waals surface area contributed by atoms with Crippen LogP contribution in [-0.2, 0) is 19.6 Å². The lowest BCUT2D eigenvalue weighted by Crippen LogP contribution is -2.54. The van der Waals surface area contributed by atoms with E-state index in [4.69, 9.17) is 0 Å². The fraction of sp³-hybridized carbons (Fsp3) is 0.600. The van der Waals surface area contributed by atoms with Gasteiger partial charge in [0.05, 0.1) is 10.8 Å². The molecule has 0 aliphatic carbocycles. The number of piperidine rings is 1. The third-order valence-corrected chi connectivity index (χ3v) is 7.77. The van der Waals surface area contributed by atoms with Gasteiger partial charge in [0.15, 0.2) is 0 Å². The minimum Gasteiger partial charge on any atom is -0.342 e. The van der Waals surface area contributed by atoms with Gasteiger partial charge in [-0.15, -0.1) is 0 Å². The van der Waals surface area contributed by atoms with Crippen LogP contribution in [0.1, 0.15) is 30.9 Å². The van der Waals surface area contributed by atoms with Crippen LogP contribution in [0.25, 0.3) is 0 Å². The van der Waals surface area contributed by atoms with Crippen LogP contribution < -0.4 is 0 Å². The van der Waals surface area contributed by atoms with Crippen LogP contribution in [0.2, 0.25) is 0 Å². The van der Waals surface area contributed by atoms with Crippen molar-refractivity contribution in [1.82, 2.24) is 14.1 Å². The van der Waals surface area contributed by atoms with E-state index in [0.717, 1.165) is 24.0 Å². The van der Waals surface area contributed by atoms with Gasteiger partial charge in [-0.3, -0.25) is 9.59 Å². The normalized spacial score (nSPS) is 21.6. The second-order valence-electron chi connectivity index (χ2n) is 7.80. The second kappa shape index (κ2) is 8.21. The molecule has 2 heterocycles. The molecule has 1 aromatic rings. The van der Waals surface area contributed by atoms with Gasteiger partial charge in [0.2, 0.25) is 21.8 Å². The maximum absolute atomic E-state index is 13.0. The predicted molar refractivity (Wildman–Crippen MR) is 106 cm³/mol. The maximum atomic E-state index is 13.0. The number of hydrogen-bond donors (Lipinski definition) is 0. The highest BCUT2D eigenvalue weighted by atomic mass is 32.2. The fourth-order valence-electron chi connectivity index (χ4n) is 4.00. The van der Waals surface area contributed by atoms with E-state index in [2.05, 4.69) is 0 Å². The van der Waals surface area contributed by atoms with E-state index in [9.17, 15) is 18.0 Å². The monoisotopic (exact) mass is 407 g/mol. The number of rotatable bonds is 3. The van der Waals surface area contributed by atoms with Gasteiger partial charge in [0, 0.05) is 46.2 Å². The maximum Gasteiger partial charge on any atom is 0.243 e. The molecule has 2 saturated heterocycles. The van der Waals surface area contributed by atoms with Crippen LogP contribution in [-0.4, -0.2) is 73.6 Å². The highest BCUT2D eigenvalue weighted by Gasteiger charge is 2.35. The first kappa shape index (κ1) is 20.8. The van der Waals surface area contributed by atoms with Gasteiger partial charge < -0.3 is 9.80 Å². The number of carbonyl (C=O) groups excluding carboxylic acids is 2. The minimum atomic E-state index is -3.57. The molecular formula is C20H29N3O4S. The Morgan fingerprint density at radius 1 is 1.00 bits per heavy atom. The van der Waals surface area contributed by atoms with E-state index < -0.39 is 10.0 Å². The molecule has 3 rings (SSSR count). The fourth-order valence-corrected chi connectivity index (χ4v) is 5.73. The second-order valence-corrected chi connectivity index (χ2v) is 9.71. The summed E-state index contributed by atoms with van der Waals surface area (Å²) in [6.45, 7) is 7.76. The smallest absolute Gasteiger partial charge is 0.243 e. The van der Waals surface area contributed by atoms with Crippen LogP contribution in [0.4, 0.5) is 0 Å². The Morgan fingerprint density at radius 2 is 1.68 bits per heavy atom. The first-order valence-electron chi connectivity index (χ1n) is 9.82. The van der Waals surface area contributed by atoms with Crippen molar-refractivity contribution in [2.45, 2.75) is 38.5 Å². The molecule has 154 valence electrons. The molecule has 0 aromatic heterocycles. The van der Waals surface area contributed by atoms with Crippen molar-refractivity contribution >= 4 is 21.8 Å². The van der Waals surface area contributed by atoms with Gasteiger partial charge in [-0.1, -0.05) is 12.1 Å². The van der Waals surface area contributed by atoms with E-state index in [-0.39, 0.29) is 17.7 Å². The Morgan fingerprint density at radius 3 is 2.32 bits per heavy atom. The average molecular weight is 408 g/mol. The Labute approximate surface area is 167 Å². The van der Waals surface area contributed by atoms with Crippen LogP contribution >= 0.6 is 0 Å². The van der Waals surface area contributed by atoms with Crippen LogP contribution in [0, 0.1) is 19.8 Å². The molecule has 2 aliphatic rings. The molecule has 0 bridgehead atoms. The highest BCUT2D eigenvalue weighted by molar-refractivity contribution is 7.89. The van der Waals surface area contributed by atoms with Crippen molar-refractivity contribution in [3.05, 3.63) is 29.3 Å². The molecule has 0 radical (unpaired) electrons. The Kier molecular flexibility index (Phi) is 6.09. The van der Waals surface area contributed by atoms with Crippen molar-refractivity contribution < 1.29 is 18.0 Å². The molecule has 0 saturated carbocycles. The lowest BCUT2D eigenvalue weighted by Gasteiger charge is -2.38. The van der Waals surface area contributed by atoms with Gasteiger partial charge in [0.25, 0.3) is 0 Å². The van der Waals surface area contributed by atoms with Crippen LogP contribution in [0.3, 0.4) is 0 Å². The predicted octanol–water partition coefficient (Wildman–Crippen LogP) is 1.39. The number of sulfonamides is 1. The third-order valence-electron chi connectivity index (χ3n) is 5.73. The summed E-state index contributed by atoms with van der Waals surface area (Å²) in [5, 5.41) is 0. The van der Waals surface area contributed by atoms with E-state index in [1.807, 2.05) is 19.1 Å². The summed E-state index contributed by atoms with van der Waals surface area (Å²) >= 11 is 0. The van der Waals surface area contributed by atoms with Gasteiger partial charge in [0.1, 0.15) is 0 Å². The van der Waals surface area contributed by atoms with Crippen molar-refractivity contribution in [2.75, 3.05) is 39.3 Å². The van der Waals surface area contributed by atoms with E-state index in [0.29, 0.717) is 44.2 Å². The summed E-state index contributed by atoms with van der Waals surface area (Å²) in [5.41, 5.74) is 1.64. The molecule has 0 unspecified atom stereocenters. The summed E-state index contributed by atoms with van der Waals surface area (Å²) in [6, 6.07) is 5.44. The lowest BCUT2D eigenvalue weighted by atomic mass is 9.96. The molecule has 7 nitrogen and oxygen atoms in total. The summed E-state index contributed by atoms with van der Waals surface area (Å²) in [4.78, 5) is 28.3. The number of carbonyl (C=O) groups is 2. The molecule has 2 fully saturated rings. The SMILES string of the molecule is CC(=O)N1CCC[C@@H](C(=O)N2CCN(S(=O)(=O)c3cc(C)ccc3C)CC2)C1. The molecule has 1 atom stereocenters. The lowest BCUT2D eigenvalue weighted by molar-refractivity contribution is -0.141. The zero-order valence-electron chi connectivity index (χ0n) is 16.8. The van der Waals surface area contributed by atoms with Crippen molar-refractivity contribution in [2.24, 2.45) is 5.92 Å². The van der Waals surface area contributed by atoms with E-state index in [1.165, 1.54) is 11.2 Å². The van der Waals surface area contributed by atoms with Crippen LogP contribution in [0.5, 0.6) is 0 Å². The summed E-state index contributed by atoms with van der Waals surface area (Å²) in [6.07, 6.45) is 1.61. The number of aryl methyl sites for hydroxylation is 2. The molecule has 1 aromatic carbocycles. The van der Waals surface area contributed by atoms with Gasteiger partial charge in [-0.25, -0.2) is 8.42 Å². The topological polar surface area (TPSA) is 78.0 Å². The summed E-state index contributed by atoms with van der Waals surface area (Å²) in [5.74, 6) is -0.142. The molecular weight excluding hydrogens is 378 g/mol. The highest BCUT2D eigenvalue weighted by Crippen LogP contribution is 2.24. The van der Waals surface area contributed by atoms with Gasteiger partial charge >= 0.3 is 0 Å². The van der Waals surface area contributed by atoms with Crippen molar-refractivity contribution in [3.63, 3.8) is 0 Å². The molecule has 28 heavy (non-hydrogen) atoms. The number of amides is 2. The van der Waals surface area contributed by atoms with Crippen molar-refractivity contribution in [3.8, 4) is 0 Å². The van der Waals surface area contributed by atoms with E-state index >= 15 is 0 Å². The Bertz CT molecular complexity index is 860. The van der Waals surface area contributed by atoms with Crippen LogP contribution in [0.15, 0.2) is 23.1 Å². The van der Waals surface area contributed by atoms with Gasteiger partial charge in [-0.05, 0) is 43.9 Å². The zero-order valence-corrected chi connectivity index (χ0v) is 17.7. The molecule has 0 spiro atoms. The molecule has 0 N–H and O–H groups in total. The quantitative estimate of drug-likeness (QED) is 0.759. The Balaban J connectivity index is 1.64. The molecule has 8 heteroatoms. The average Bonchev–Trinajstić information content (AvgIpc) is 2.69. The van der Waals surface area contributed by atoms with Gasteiger partial charge in [-0.2, -0.15) is 4.31 Å². The molecule has 2 amide bonds. The summed E-state index contributed by atoms with van der Waals surface area (Å²) in [7, 11) is -3.57. The number of hydrogen-bond acceptors (Lipinski definition) is 4.